The van der Waals surface area contributed by atoms with Crippen LogP contribution in [-0.4, -0.2) is 22.2 Å². The van der Waals surface area contributed by atoms with Gasteiger partial charge in [0.1, 0.15) is 0 Å². The second-order valence-corrected chi connectivity index (χ2v) is 4.90. The third kappa shape index (κ3) is 4.59. The van der Waals surface area contributed by atoms with Crippen molar-refractivity contribution in [3.63, 3.8) is 0 Å². The molecule has 0 atom stereocenters. The van der Waals surface area contributed by atoms with Gasteiger partial charge in [-0.15, -0.1) is 0 Å². The van der Waals surface area contributed by atoms with Crippen LogP contribution in [0.25, 0.3) is 0 Å². The second-order valence-electron chi connectivity index (χ2n) is 4.90. The smallest absolute Gasteiger partial charge is 0.320 e. The van der Waals surface area contributed by atoms with E-state index in [1.807, 2.05) is 33.8 Å². The van der Waals surface area contributed by atoms with Gasteiger partial charge in [0.15, 0.2) is 0 Å². The molecular formula is C13H22N2O2. The predicted molar refractivity (Wildman–Crippen MR) is 67.6 cm³/mol. The highest BCUT2D eigenvalue weighted by Gasteiger charge is 2.11. The average Bonchev–Trinajstić information content (AvgIpc) is 2.14. The molecule has 0 aromatic carbocycles. The summed E-state index contributed by atoms with van der Waals surface area (Å²) in [5.41, 5.74) is 0.936. The summed E-state index contributed by atoms with van der Waals surface area (Å²) in [6, 6.07) is 2.26. The fourth-order valence-electron chi connectivity index (χ4n) is 1.28. The molecule has 1 heterocycles. The van der Waals surface area contributed by atoms with Crippen LogP contribution in [0.3, 0.4) is 0 Å². The van der Waals surface area contributed by atoms with E-state index < -0.39 is 0 Å². The van der Waals surface area contributed by atoms with Crippen LogP contribution in [0.2, 0.25) is 0 Å². The van der Waals surface area contributed by atoms with Crippen LogP contribution in [0, 0.1) is 0 Å². The zero-order chi connectivity index (χ0) is 13.0. The third-order valence-corrected chi connectivity index (χ3v) is 1.99. The van der Waals surface area contributed by atoms with Crippen LogP contribution in [0.4, 0.5) is 0 Å². The summed E-state index contributed by atoms with van der Waals surface area (Å²) < 4.78 is 11.1. The fourth-order valence-corrected chi connectivity index (χ4v) is 1.28. The number of aromatic nitrogens is 2. The molecule has 0 aliphatic rings. The van der Waals surface area contributed by atoms with Crippen LogP contribution in [-0.2, 0) is 0 Å². The van der Waals surface area contributed by atoms with Crippen molar-refractivity contribution in [2.24, 2.45) is 0 Å². The molecule has 0 fully saturated rings. The Balaban J connectivity index is 3.00. The third-order valence-electron chi connectivity index (χ3n) is 1.99. The van der Waals surface area contributed by atoms with Gasteiger partial charge in [-0.2, -0.15) is 9.97 Å². The zero-order valence-corrected chi connectivity index (χ0v) is 11.5. The van der Waals surface area contributed by atoms with Gasteiger partial charge in [0.2, 0.25) is 5.88 Å². The van der Waals surface area contributed by atoms with Crippen molar-refractivity contribution in [2.45, 2.75) is 59.7 Å². The van der Waals surface area contributed by atoms with Crippen LogP contribution < -0.4 is 9.47 Å². The molecule has 0 aliphatic heterocycles. The number of rotatable bonds is 5. The van der Waals surface area contributed by atoms with E-state index in [1.54, 1.807) is 0 Å². The molecule has 4 nitrogen and oxygen atoms in total. The van der Waals surface area contributed by atoms with Crippen molar-refractivity contribution in [3.05, 3.63) is 11.8 Å². The number of hydrogen-bond acceptors (Lipinski definition) is 4. The van der Waals surface area contributed by atoms with Gasteiger partial charge >= 0.3 is 6.01 Å². The van der Waals surface area contributed by atoms with Gasteiger partial charge in [-0.25, -0.2) is 0 Å². The van der Waals surface area contributed by atoms with Crippen molar-refractivity contribution < 1.29 is 9.47 Å². The largest absolute Gasteiger partial charge is 0.475 e. The van der Waals surface area contributed by atoms with Crippen LogP contribution >= 0.6 is 0 Å². The monoisotopic (exact) mass is 238 g/mol. The van der Waals surface area contributed by atoms with E-state index in [9.17, 15) is 0 Å². The quantitative estimate of drug-likeness (QED) is 0.790. The summed E-state index contributed by atoms with van der Waals surface area (Å²) in [5.74, 6) is 0.899. The maximum atomic E-state index is 5.60. The summed E-state index contributed by atoms with van der Waals surface area (Å²) >= 11 is 0. The Morgan fingerprint density at radius 2 is 1.47 bits per heavy atom. The van der Waals surface area contributed by atoms with E-state index in [1.165, 1.54) is 0 Å². The molecule has 0 bridgehead atoms. The standard InChI is InChI=1S/C13H22N2O2/c1-8(2)11-7-12(16-9(3)4)15-13(14-11)17-10(5)6/h7-10H,1-6H3. The van der Waals surface area contributed by atoms with Crippen LogP contribution in [0.1, 0.15) is 53.2 Å². The summed E-state index contributed by atoms with van der Waals surface area (Å²) in [4.78, 5) is 8.61. The van der Waals surface area contributed by atoms with Crippen LogP contribution in [0.15, 0.2) is 6.07 Å². The molecule has 0 saturated carbocycles. The molecule has 0 spiro atoms. The van der Waals surface area contributed by atoms with Crippen LogP contribution in [0.5, 0.6) is 11.9 Å². The lowest BCUT2D eigenvalue weighted by atomic mass is 10.1. The Labute approximate surface area is 103 Å². The van der Waals surface area contributed by atoms with E-state index in [0.717, 1.165) is 5.69 Å². The van der Waals surface area contributed by atoms with Gasteiger partial charge in [0.25, 0.3) is 0 Å². The van der Waals surface area contributed by atoms with Crippen molar-refractivity contribution in [1.29, 1.82) is 0 Å². The predicted octanol–water partition coefficient (Wildman–Crippen LogP) is 3.17. The Morgan fingerprint density at radius 3 is 1.94 bits per heavy atom. The van der Waals surface area contributed by atoms with Crippen molar-refractivity contribution >= 4 is 0 Å². The Morgan fingerprint density at radius 1 is 0.882 bits per heavy atom. The lowest BCUT2D eigenvalue weighted by Crippen LogP contribution is -2.12. The topological polar surface area (TPSA) is 44.2 Å². The van der Waals surface area contributed by atoms with Gasteiger partial charge in [-0.05, 0) is 33.6 Å². The van der Waals surface area contributed by atoms with Crippen molar-refractivity contribution in [1.82, 2.24) is 9.97 Å². The maximum absolute atomic E-state index is 5.60. The van der Waals surface area contributed by atoms with E-state index in [-0.39, 0.29) is 12.2 Å². The Bertz CT molecular complexity index is 334. The minimum atomic E-state index is 0.0595. The molecule has 17 heavy (non-hydrogen) atoms. The highest BCUT2D eigenvalue weighted by atomic mass is 16.5. The maximum Gasteiger partial charge on any atom is 0.320 e. The minimum Gasteiger partial charge on any atom is -0.475 e. The number of ether oxygens (including phenoxy) is 2. The molecule has 1 aromatic heterocycles. The Kier molecular flexibility index (Phi) is 4.73. The molecular weight excluding hydrogens is 216 g/mol. The molecule has 0 unspecified atom stereocenters. The molecule has 0 N–H and O–H groups in total. The number of hydrogen-bond donors (Lipinski definition) is 0. The molecule has 0 aliphatic carbocycles. The molecule has 0 saturated heterocycles. The molecule has 96 valence electrons. The second kappa shape index (κ2) is 5.84. The highest BCUT2D eigenvalue weighted by molar-refractivity contribution is 5.21. The lowest BCUT2D eigenvalue weighted by Gasteiger charge is -2.14. The highest BCUT2D eigenvalue weighted by Crippen LogP contribution is 2.21. The minimum absolute atomic E-state index is 0.0595. The van der Waals surface area contributed by atoms with Gasteiger partial charge in [-0.3, -0.25) is 0 Å². The normalized spacial score (nSPS) is 11.4. The first-order valence-electron chi connectivity index (χ1n) is 6.10. The molecule has 0 radical (unpaired) electrons. The van der Waals surface area contributed by atoms with E-state index in [0.29, 0.717) is 17.8 Å². The summed E-state index contributed by atoms with van der Waals surface area (Å²) in [6.45, 7) is 12.0. The lowest BCUT2D eigenvalue weighted by molar-refractivity contribution is 0.202. The van der Waals surface area contributed by atoms with Gasteiger partial charge < -0.3 is 9.47 Å². The molecule has 1 aromatic rings. The summed E-state index contributed by atoms with van der Waals surface area (Å²) in [7, 11) is 0. The first kappa shape index (κ1) is 13.7. The molecule has 1 rings (SSSR count). The summed E-state index contributed by atoms with van der Waals surface area (Å²) in [6.07, 6.45) is 0.154. The SMILES string of the molecule is CC(C)Oc1cc(C(C)C)nc(OC(C)C)n1. The van der Waals surface area contributed by atoms with Crippen molar-refractivity contribution in [3.8, 4) is 11.9 Å². The average molecular weight is 238 g/mol. The van der Waals surface area contributed by atoms with E-state index >= 15 is 0 Å². The molecule has 4 heteroatoms. The molecule has 0 amide bonds. The van der Waals surface area contributed by atoms with Crippen molar-refractivity contribution in [2.75, 3.05) is 0 Å². The van der Waals surface area contributed by atoms with Gasteiger partial charge in [-0.1, -0.05) is 13.8 Å². The van der Waals surface area contributed by atoms with Gasteiger partial charge in [0.05, 0.1) is 17.9 Å². The first-order valence-corrected chi connectivity index (χ1v) is 6.10. The van der Waals surface area contributed by atoms with E-state index in [4.69, 9.17) is 9.47 Å². The first-order chi connectivity index (χ1) is 7.88. The fraction of sp³-hybridized carbons (Fsp3) is 0.692. The summed E-state index contributed by atoms with van der Waals surface area (Å²) in [5, 5.41) is 0. The van der Waals surface area contributed by atoms with E-state index in [2.05, 4.69) is 23.8 Å². The Hall–Kier alpha value is -1.32. The zero-order valence-electron chi connectivity index (χ0n) is 11.5. The number of nitrogens with zero attached hydrogens (tertiary/aromatic N) is 2. The van der Waals surface area contributed by atoms with Gasteiger partial charge in [0, 0.05) is 6.07 Å².